The zero-order valence-electron chi connectivity index (χ0n) is 8.86. The van der Waals surface area contributed by atoms with Crippen LogP contribution < -0.4 is 16.2 Å². The third kappa shape index (κ3) is 0.994. The molecule has 2 aliphatic heterocycles. The van der Waals surface area contributed by atoms with Crippen molar-refractivity contribution >= 4 is 11.5 Å². The molecular formula is C11H10N4O2. The lowest BCUT2D eigenvalue weighted by molar-refractivity contribution is 0.247. The minimum absolute atomic E-state index is 0.0423. The number of urea groups is 1. The zero-order chi connectivity index (χ0) is 11.6. The second-order valence-electron chi connectivity index (χ2n) is 4.49. The summed E-state index contributed by atoms with van der Waals surface area (Å²) in [6.07, 6.45) is 2.44. The molecule has 3 N–H and O–H groups in total. The average Bonchev–Trinajstić information content (AvgIpc) is 2.87. The number of hydrogen-bond donors (Lipinski definition) is 3. The highest BCUT2D eigenvalue weighted by molar-refractivity contribution is 5.78. The smallest absolute Gasteiger partial charge is 0.315 e. The summed E-state index contributed by atoms with van der Waals surface area (Å²) in [7, 11) is 0. The summed E-state index contributed by atoms with van der Waals surface area (Å²) in [5.74, 6) is 0. The first kappa shape index (κ1) is 8.86. The molecule has 4 heterocycles. The maximum atomic E-state index is 11.7. The van der Waals surface area contributed by atoms with E-state index in [-0.39, 0.29) is 23.7 Å². The fourth-order valence-corrected chi connectivity index (χ4v) is 2.84. The van der Waals surface area contributed by atoms with Gasteiger partial charge in [0.1, 0.15) is 5.52 Å². The van der Waals surface area contributed by atoms with Gasteiger partial charge in [-0.25, -0.2) is 4.79 Å². The van der Waals surface area contributed by atoms with E-state index in [1.54, 1.807) is 12.3 Å². The van der Waals surface area contributed by atoms with Gasteiger partial charge >= 0.3 is 6.03 Å². The second-order valence-corrected chi connectivity index (χ2v) is 4.49. The van der Waals surface area contributed by atoms with Gasteiger partial charge in [-0.05, 0) is 12.1 Å². The molecule has 0 radical (unpaired) electrons. The van der Waals surface area contributed by atoms with Crippen LogP contribution in [0.3, 0.4) is 0 Å². The standard InChI is InChI=1S/C11H10N4O2/c16-10-8-2-1-7-9-6(13-11(17)14-9)3-5(4-12-10)15(7)8/h1-2,4,6,9H,3H2,(H,12,16)(H2,13,14,17)/t6-,9-/m1/s1. The summed E-state index contributed by atoms with van der Waals surface area (Å²) < 4.78 is 1.94. The van der Waals surface area contributed by atoms with Crippen LogP contribution in [0.4, 0.5) is 4.79 Å². The molecule has 0 aromatic carbocycles. The molecule has 2 aliphatic rings. The third-order valence-corrected chi connectivity index (χ3v) is 3.55. The molecule has 6 heteroatoms. The first-order valence-corrected chi connectivity index (χ1v) is 5.53. The van der Waals surface area contributed by atoms with E-state index in [1.165, 1.54) is 0 Å². The average molecular weight is 230 g/mol. The van der Waals surface area contributed by atoms with Crippen molar-refractivity contribution in [3.05, 3.63) is 40.1 Å². The molecular weight excluding hydrogens is 220 g/mol. The molecule has 4 rings (SSSR count). The maximum absolute atomic E-state index is 11.7. The highest BCUT2D eigenvalue weighted by Gasteiger charge is 2.38. The predicted octanol–water partition coefficient (Wildman–Crippen LogP) is -0.0938. The Morgan fingerprint density at radius 1 is 1.24 bits per heavy atom. The highest BCUT2D eigenvalue weighted by atomic mass is 16.2. The quantitative estimate of drug-likeness (QED) is 0.591. The lowest BCUT2D eigenvalue weighted by Crippen LogP contribution is -2.35. The number of carbonyl (C=O) groups is 1. The number of rotatable bonds is 0. The second kappa shape index (κ2) is 2.71. The van der Waals surface area contributed by atoms with Gasteiger partial charge in [0.2, 0.25) is 0 Å². The van der Waals surface area contributed by atoms with E-state index in [0.29, 0.717) is 5.52 Å². The van der Waals surface area contributed by atoms with Crippen molar-refractivity contribution < 1.29 is 4.79 Å². The van der Waals surface area contributed by atoms with Gasteiger partial charge in [0, 0.05) is 24.0 Å². The molecule has 86 valence electrons. The van der Waals surface area contributed by atoms with E-state index in [9.17, 15) is 9.59 Å². The van der Waals surface area contributed by atoms with Gasteiger partial charge < -0.3 is 20.0 Å². The summed E-state index contributed by atoms with van der Waals surface area (Å²) in [5, 5.41) is 5.77. The number of aromatic amines is 1. The van der Waals surface area contributed by atoms with Crippen LogP contribution in [0, 0.1) is 0 Å². The Morgan fingerprint density at radius 3 is 3.00 bits per heavy atom. The van der Waals surface area contributed by atoms with Gasteiger partial charge in [-0.15, -0.1) is 0 Å². The Kier molecular flexibility index (Phi) is 1.41. The Balaban J connectivity index is 2.05. The van der Waals surface area contributed by atoms with Gasteiger partial charge in [-0.2, -0.15) is 0 Å². The molecule has 0 spiro atoms. The Morgan fingerprint density at radius 2 is 2.12 bits per heavy atom. The van der Waals surface area contributed by atoms with Crippen LogP contribution in [0.5, 0.6) is 0 Å². The van der Waals surface area contributed by atoms with Gasteiger partial charge in [0.05, 0.1) is 12.1 Å². The first-order valence-electron chi connectivity index (χ1n) is 5.53. The van der Waals surface area contributed by atoms with Crippen molar-refractivity contribution in [1.82, 2.24) is 20.0 Å². The van der Waals surface area contributed by atoms with Crippen LogP contribution in [0.1, 0.15) is 17.4 Å². The predicted molar refractivity (Wildman–Crippen MR) is 59.9 cm³/mol. The van der Waals surface area contributed by atoms with Crippen LogP contribution >= 0.6 is 0 Å². The summed E-state index contributed by atoms with van der Waals surface area (Å²) in [4.78, 5) is 25.8. The zero-order valence-corrected chi connectivity index (χ0v) is 8.86. The van der Waals surface area contributed by atoms with E-state index < -0.39 is 0 Å². The minimum atomic E-state index is -0.144. The number of nitrogens with one attached hydrogen (secondary N) is 3. The van der Waals surface area contributed by atoms with E-state index in [0.717, 1.165) is 17.8 Å². The number of hydrogen-bond acceptors (Lipinski definition) is 2. The molecule has 2 aromatic rings. The number of carbonyl (C=O) groups excluding carboxylic acids is 1. The van der Waals surface area contributed by atoms with Crippen molar-refractivity contribution in [2.75, 3.05) is 0 Å². The van der Waals surface area contributed by atoms with Crippen LogP contribution in [0.15, 0.2) is 23.1 Å². The minimum Gasteiger partial charge on any atom is -0.333 e. The monoisotopic (exact) mass is 230 g/mol. The van der Waals surface area contributed by atoms with Crippen molar-refractivity contribution in [3.63, 3.8) is 0 Å². The van der Waals surface area contributed by atoms with Crippen LogP contribution in [-0.4, -0.2) is 21.5 Å². The van der Waals surface area contributed by atoms with Crippen molar-refractivity contribution in [2.45, 2.75) is 18.5 Å². The molecule has 0 unspecified atom stereocenters. The van der Waals surface area contributed by atoms with Crippen LogP contribution in [0.2, 0.25) is 0 Å². The lowest BCUT2D eigenvalue weighted by atomic mass is 9.98. The first-order chi connectivity index (χ1) is 8.24. The lowest BCUT2D eigenvalue weighted by Gasteiger charge is -2.25. The number of aromatic nitrogens is 2. The molecule has 2 atom stereocenters. The van der Waals surface area contributed by atoms with Crippen molar-refractivity contribution in [2.24, 2.45) is 0 Å². The van der Waals surface area contributed by atoms with E-state index >= 15 is 0 Å². The number of amides is 2. The molecule has 0 saturated carbocycles. The summed E-state index contributed by atoms with van der Waals surface area (Å²) in [6, 6.07) is 3.58. The Bertz CT molecular complexity index is 699. The fourth-order valence-electron chi connectivity index (χ4n) is 2.84. The molecule has 2 amide bonds. The number of H-pyrrole nitrogens is 1. The van der Waals surface area contributed by atoms with Gasteiger partial charge in [-0.3, -0.25) is 4.79 Å². The van der Waals surface area contributed by atoms with Gasteiger partial charge in [0.25, 0.3) is 5.56 Å². The summed E-state index contributed by atoms with van der Waals surface area (Å²) in [5.41, 5.74) is 2.52. The Hall–Kier alpha value is -2.24. The molecule has 0 bridgehead atoms. The maximum Gasteiger partial charge on any atom is 0.315 e. The van der Waals surface area contributed by atoms with E-state index in [1.807, 2.05) is 10.5 Å². The summed E-state index contributed by atoms with van der Waals surface area (Å²) >= 11 is 0. The number of nitrogens with zero attached hydrogens (tertiary/aromatic N) is 1. The summed E-state index contributed by atoms with van der Waals surface area (Å²) in [6.45, 7) is 0. The van der Waals surface area contributed by atoms with Crippen molar-refractivity contribution in [1.29, 1.82) is 0 Å². The fraction of sp³-hybridized carbons (Fsp3) is 0.273. The van der Waals surface area contributed by atoms with Gasteiger partial charge in [-0.1, -0.05) is 0 Å². The number of fused-ring (bicyclic) bond motifs is 2. The molecule has 1 fully saturated rings. The van der Waals surface area contributed by atoms with Crippen LogP contribution in [0.25, 0.3) is 5.52 Å². The molecule has 2 aromatic heterocycles. The van der Waals surface area contributed by atoms with E-state index in [4.69, 9.17) is 0 Å². The molecule has 0 aliphatic carbocycles. The highest BCUT2D eigenvalue weighted by Crippen LogP contribution is 2.29. The van der Waals surface area contributed by atoms with Crippen LogP contribution in [-0.2, 0) is 6.42 Å². The van der Waals surface area contributed by atoms with Gasteiger partial charge in [0.15, 0.2) is 0 Å². The molecule has 6 nitrogen and oxygen atoms in total. The van der Waals surface area contributed by atoms with E-state index in [2.05, 4.69) is 15.6 Å². The topological polar surface area (TPSA) is 78.4 Å². The largest absolute Gasteiger partial charge is 0.333 e. The van der Waals surface area contributed by atoms with Crippen molar-refractivity contribution in [3.8, 4) is 0 Å². The Labute approximate surface area is 95.6 Å². The third-order valence-electron chi connectivity index (χ3n) is 3.55. The molecule has 17 heavy (non-hydrogen) atoms. The SMILES string of the molecule is O=C1N[C@@H]2Cc3c[nH]c(=O)c4ccc(n34)[C@@H]2N1. The normalized spacial score (nSPS) is 25.5. The molecule has 1 saturated heterocycles.